The first-order chi connectivity index (χ1) is 15.6. The fourth-order valence-corrected chi connectivity index (χ4v) is 4.88. The van der Waals surface area contributed by atoms with Gasteiger partial charge < -0.3 is 14.7 Å². The smallest absolute Gasteiger partial charge is 0.257 e. The van der Waals surface area contributed by atoms with E-state index in [1.807, 2.05) is 29.2 Å². The van der Waals surface area contributed by atoms with Gasteiger partial charge in [-0.15, -0.1) is 0 Å². The van der Waals surface area contributed by atoms with E-state index >= 15 is 0 Å². The van der Waals surface area contributed by atoms with Crippen LogP contribution in [0.5, 0.6) is 0 Å². The number of piperidine rings is 1. The van der Waals surface area contributed by atoms with Crippen molar-refractivity contribution in [3.8, 4) is 0 Å². The van der Waals surface area contributed by atoms with Gasteiger partial charge in [0.15, 0.2) is 0 Å². The van der Waals surface area contributed by atoms with Gasteiger partial charge in [0.25, 0.3) is 5.91 Å². The number of likely N-dealkylation sites (tertiary alicyclic amines) is 1. The van der Waals surface area contributed by atoms with Crippen LogP contribution in [0.15, 0.2) is 48.7 Å². The van der Waals surface area contributed by atoms with Gasteiger partial charge in [0.2, 0.25) is 0 Å². The maximum Gasteiger partial charge on any atom is 0.257 e. The topological polar surface area (TPSA) is 39.7 Å². The van der Waals surface area contributed by atoms with Crippen LogP contribution in [0, 0.1) is 5.82 Å². The monoisotopic (exact) mass is 452 g/mol. The number of hydrogen-bond donors (Lipinski definition) is 0. The maximum atomic E-state index is 14.2. The summed E-state index contributed by atoms with van der Waals surface area (Å²) in [5, 5.41) is 1.42. The maximum absolute atomic E-state index is 14.2. The van der Waals surface area contributed by atoms with Crippen LogP contribution in [0.1, 0.15) is 29.6 Å². The number of benzene rings is 2. The van der Waals surface area contributed by atoms with E-state index in [0.29, 0.717) is 16.5 Å². The van der Waals surface area contributed by atoms with Gasteiger partial charge in [-0.05, 0) is 61.7 Å². The number of fused-ring (bicyclic) bond motifs is 1. The number of carbonyl (C=O) groups is 1. The third kappa shape index (κ3) is 4.11. The second kappa shape index (κ2) is 8.94. The normalized spacial score (nSPS) is 17.1. The molecule has 1 aromatic heterocycles. The number of nitrogens with zero attached hydrogens (tertiary/aromatic N) is 4. The molecular formula is C25H26ClFN4O. The first kappa shape index (κ1) is 21.0. The number of carbonyl (C=O) groups excluding carboxylic acids is 1. The van der Waals surface area contributed by atoms with Crippen LogP contribution in [-0.2, 0) is 0 Å². The predicted molar refractivity (Wildman–Crippen MR) is 127 cm³/mol. The van der Waals surface area contributed by atoms with Gasteiger partial charge in [-0.2, -0.15) is 0 Å². The quantitative estimate of drug-likeness (QED) is 0.562. The summed E-state index contributed by atoms with van der Waals surface area (Å²) < 4.78 is 14.2. The number of rotatable bonds is 3. The lowest BCUT2D eigenvalue weighted by molar-refractivity contribution is 0.0724. The molecule has 0 spiro atoms. The third-order valence-corrected chi connectivity index (χ3v) is 6.71. The average molecular weight is 453 g/mol. The molecule has 2 fully saturated rings. The summed E-state index contributed by atoms with van der Waals surface area (Å²) in [6, 6.07) is 12.5. The first-order valence-electron chi connectivity index (χ1n) is 11.2. The van der Waals surface area contributed by atoms with Crippen molar-refractivity contribution in [2.45, 2.75) is 19.3 Å². The number of aromatic nitrogens is 1. The number of pyridine rings is 1. The minimum absolute atomic E-state index is 0.00140. The predicted octanol–water partition coefficient (Wildman–Crippen LogP) is 4.98. The van der Waals surface area contributed by atoms with Gasteiger partial charge in [0.05, 0.1) is 16.8 Å². The Bertz CT molecular complexity index is 1120. The van der Waals surface area contributed by atoms with Crippen LogP contribution in [-0.4, -0.2) is 55.1 Å². The standard InChI is InChI=1S/C25H26ClFN4O/c26-18-4-7-20(8-5-18)29-12-14-30(15-13-29)24-21-16-19(27)6-9-23(21)28-17-22(24)25(32)31-10-2-1-3-11-31/h4-9,16-17H,1-3,10-15H2. The van der Waals surface area contributed by atoms with Crippen LogP contribution >= 0.6 is 11.6 Å². The molecule has 166 valence electrons. The van der Waals surface area contributed by atoms with E-state index in [1.54, 1.807) is 12.3 Å². The third-order valence-electron chi connectivity index (χ3n) is 6.46. The van der Waals surface area contributed by atoms with E-state index in [1.165, 1.54) is 12.1 Å². The van der Waals surface area contributed by atoms with E-state index in [2.05, 4.69) is 14.8 Å². The largest absolute Gasteiger partial charge is 0.368 e. The number of anilines is 2. The fourth-order valence-electron chi connectivity index (χ4n) is 4.76. The summed E-state index contributed by atoms with van der Waals surface area (Å²) in [5.74, 6) is -0.318. The molecule has 5 nitrogen and oxygen atoms in total. The van der Waals surface area contributed by atoms with Crippen molar-refractivity contribution in [2.75, 3.05) is 49.1 Å². The Morgan fingerprint density at radius 3 is 2.28 bits per heavy atom. The number of halogens is 2. The Morgan fingerprint density at radius 1 is 0.875 bits per heavy atom. The summed E-state index contributed by atoms with van der Waals surface area (Å²) in [6.07, 6.45) is 4.88. The molecule has 7 heteroatoms. The molecule has 0 saturated carbocycles. The molecule has 2 aromatic carbocycles. The second-order valence-electron chi connectivity index (χ2n) is 8.49. The molecule has 32 heavy (non-hydrogen) atoms. The highest BCUT2D eigenvalue weighted by molar-refractivity contribution is 6.30. The lowest BCUT2D eigenvalue weighted by Gasteiger charge is -2.39. The van der Waals surface area contributed by atoms with Crippen molar-refractivity contribution in [3.63, 3.8) is 0 Å². The highest BCUT2D eigenvalue weighted by Crippen LogP contribution is 2.33. The zero-order chi connectivity index (χ0) is 22.1. The Kier molecular flexibility index (Phi) is 5.87. The van der Waals surface area contributed by atoms with Crippen molar-refractivity contribution >= 4 is 39.8 Å². The van der Waals surface area contributed by atoms with Gasteiger partial charge in [-0.25, -0.2) is 4.39 Å². The van der Waals surface area contributed by atoms with Gasteiger partial charge in [-0.1, -0.05) is 11.6 Å². The van der Waals surface area contributed by atoms with Crippen molar-refractivity contribution in [1.29, 1.82) is 0 Å². The molecule has 3 heterocycles. The summed E-state index contributed by atoms with van der Waals surface area (Å²) in [4.78, 5) is 24.4. The van der Waals surface area contributed by atoms with Gasteiger partial charge >= 0.3 is 0 Å². The van der Waals surface area contributed by atoms with Crippen LogP contribution in [0.3, 0.4) is 0 Å². The Morgan fingerprint density at radius 2 is 1.56 bits per heavy atom. The molecule has 2 aliphatic rings. The lowest BCUT2D eigenvalue weighted by Crippen LogP contribution is -2.47. The summed E-state index contributed by atoms with van der Waals surface area (Å²) in [6.45, 7) is 4.61. The summed E-state index contributed by atoms with van der Waals surface area (Å²) in [7, 11) is 0. The Labute approximate surface area is 192 Å². The first-order valence-corrected chi connectivity index (χ1v) is 11.6. The van der Waals surface area contributed by atoms with Crippen molar-refractivity contribution in [1.82, 2.24) is 9.88 Å². The highest BCUT2D eigenvalue weighted by Gasteiger charge is 2.27. The molecule has 0 bridgehead atoms. The molecule has 5 rings (SSSR count). The van der Waals surface area contributed by atoms with E-state index < -0.39 is 0 Å². The Hall–Kier alpha value is -2.86. The molecule has 0 N–H and O–H groups in total. The van der Waals surface area contributed by atoms with Gasteiger partial charge in [0.1, 0.15) is 5.82 Å². The molecule has 0 aliphatic carbocycles. The van der Waals surface area contributed by atoms with Crippen LogP contribution in [0.2, 0.25) is 5.02 Å². The minimum Gasteiger partial charge on any atom is -0.368 e. The molecule has 3 aromatic rings. The molecule has 0 radical (unpaired) electrons. The lowest BCUT2D eigenvalue weighted by atomic mass is 10.0. The highest BCUT2D eigenvalue weighted by atomic mass is 35.5. The number of hydrogen-bond acceptors (Lipinski definition) is 4. The molecule has 2 aliphatic heterocycles. The number of amides is 1. The van der Waals surface area contributed by atoms with Crippen LogP contribution in [0.25, 0.3) is 10.9 Å². The van der Waals surface area contributed by atoms with Crippen molar-refractivity contribution < 1.29 is 9.18 Å². The summed E-state index contributed by atoms with van der Waals surface area (Å²) in [5.41, 5.74) is 3.21. The van der Waals surface area contributed by atoms with Crippen LogP contribution < -0.4 is 9.80 Å². The average Bonchev–Trinajstić information content (AvgIpc) is 2.84. The molecule has 0 atom stereocenters. The fraction of sp³-hybridized carbons (Fsp3) is 0.360. The van der Waals surface area contributed by atoms with E-state index in [-0.39, 0.29) is 11.7 Å². The zero-order valence-electron chi connectivity index (χ0n) is 17.9. The molecule has 2 saturated heterocycles. The molecule has 0 unspecified atom stereocenters. The van der Waals surface area contributed by atoms with E-state index in [4.69, 9.17) is 11.6 Å². The van der Waals surface area contributed by atoms with Gasteiger partial charge in [-0.3, -0.25) is 9.78 Å². The Balaban J connectivity index is 1.48. The van der Waals surface area contributed by atoms with Crippen molar-refractivity contribution in [3.05, 3.63) is 65.1 Å². The second-order valence-corrected chi connectivity index (χ2v) is 8.92. The summed E-state index contributed by atoms with van der Waals surface area (Å²) >= 11 is 6.03. The van der Waals surface area contributed by atoms with Crippen molar-refractivity contribution in [2.24, 2.45) is 0 Å². The molecular weight excluding hydrogens is 427 g/mol. The van der Waals surface area contributed by atoms with E-state index in [9.17, 15) is 9.18 Å². The minimum atomic E-state index is -0.317. The number of piperazine rings is 1. The SMILES string of the molecule is O=C(c1cnc2ccc(F)cc2c1N1CCN(c2ccc(Cl)cc2)CC1)N1CCCCC1. The zero-order valence-corrected chi connectivity index (χ0v) is 18.7. The molecule has 1 amide bonds. The van der Waals surface area contributed by atoms with Gasteiger partial charge in [0, 0.05) is 61.6 Å². The van der Waals surface area contributed by atoms with Crippen LogP contribution in [0.4, 0.5) is 15.8 Å². The van der Waals surface area contributed by atoms with E-state index in [0.717, 1.165) is 74.9 Å².